The molecule has 1 N–H and O–H groups in total. The number of rotatable bonds is 4. The summed E-state index contributed by atoms with van der Waals surface area (Å²) in [5, 5.41) is 13.2. The number of carbonyl (C=O) groups excluding carboxylic acids is 1. The third-order valence-electron chi connectivity index (χ3n) is 5.60. The zero-order valence-electron chi connectivity index (χ0n) is 15.7. The first kappa shape index (κ1) is 17.4. The summed E-state index contributed by atoms with van der Waals surface area (Å²) in [6.45, 7) is 4.87. The highest BCUT2D eigenvalue weighted by atomic mass is 16.3. The monoisotopic (exact) mass is 381 g/mol. The minimum absolute atomic E-state index is 0.0130. The van der Waals surface area contributed by atoms with Gasteiger partial charge in [0.15, 0.2) is 5.78 Å². The fraction of sp³-hybridized carbons (Fsp3) is 0.125. The van der Waals surface area contributed by atoms with Crippen LogP contribution in [0, 0.1) is 5.92 Å². The number of aromatic nitrogens is 2. The van der Waals surface area contributed by atoms with Crippen LogP contribution in [0.15, 0.2) is 73.7 Å². The van der Waals surface area contributed by atoms with Gasteiger partial charge < -0.3 is 10.0 Å². The number of allylic oxidation sites excluding steroid dienone is 1. The van der Waals surface area contributed by atoms with E-state index in [0.717, 1.165) is 38.5 Å². The van der Waals surface area contributed by atoms with Gasteiger partial charge >= 0.3 is 0 Å². The molecule has 0 bridgehead atoms. The van der Waals surface area contributed by atoms with Crippen molar-refractivity contribution in [2.45, 2.75) is 0 Å². The van der Waals surface area contributed by atoms with Crippen LogP contribution in [0.25, 0.3) is 32.8 Å². The number of hydrogen-bond acceptors (Lipinski definition) is 5. The number of pyridine rings is 2. The SMILES string of the molecule is C=CC(=O)C1CN(c2cncc3c(-c4cc(O)cc5ccccc45)ccnc23)C1. The van der Waals surface area contributed by atoms with E-state index in [4.69, 9.17) is 0 Å². The fourth-order valence-corrected chi connectivity index (χ4v) is 4.06. The van der Waals surface area contributed by atoms with E-state index >= 15 is 0 Å². The normalized spacial score (nSPS) is 14.1. The van der Waals surface area contributed by atoms with Gasteiger partial charge in [-0.15, -0.1) is 0 Å². The molecule has 2 aromatic heterocycles. The van der Waals surface area contributed by atoms with Crippen molar-refractivity contribution < 1.29 is 9.90 Å². The highest BCUT2D eigenvalue weighted by Gasteiger charge is 2.32. The van der Waals surface area contributed by atoms with Gasteiger partial charge in [0.25, 0.3) is 0 Å². The van der Waals surface area contributed by atoms with E-state index < -0.39 is 0 Å². The molecule has 0 saturated carbocycles. The molecule has 1 fully saturated rings. The molecule has 0 aliphatic carbocycles. The van der Waals surface area contributed by atoms with Crippen LogP contribution in [0.1, 0.15) is 0 Å². The second-order valence-corrected chi connectivity index (χ2v) is 7.34. The number of hydrogen-bond donors (Lipinski definition) is 1. The van der Waals surface area contributed by atoms with Crippen LogP contribution >= 0.6 is 0 Å². The van der Waals surface area contributed by atoms with Crippen LogP contribution in [-0.4, -0.2) is 33.9 Å². The van der Waals surface area contributed by atoms with Crippen molar-refractivity contribution in [1.29, 1.82) is 0 Å². The molecular weight excluding hydrogens is 362 g/mol. The molecular formula is C24H19N3O2. The summed E-state index contributed by atoms with van der Waals surface area (Å²) < 4.78 is 0. The second kappa shape index (κ2) is 6.71. The van der Waals surface area contributed by atoms with Gasteiger partial charge in [-0.25, -0.2) is 0 Å². The van der Waals surface area contributed by atoms with Gasteiger partial charge in [-0.1, -0.05) is 30.8 Å². The van der Waals surface area contributed by atoms with Crippen molar-refractivity contribution in [1.82, 2.24) is 9.97 Å². The molecule has 0 unspecified atom stereocenters. The molecule has 5 heteroatoms. The third-order valence-corrected chi connectivity index (χ3v) is 5.60. The lowest BCUT2D eigenvalue weighted by Crippen LogP contribution is -2.50. The summed E-state index contributed by atoms with van der Waals surface area (Å²) in [7, 11) is 0. The maximum atomic E-state index is 11.8. The predicted octanol–water partition coefficient (Wildman–Crippen LogP) is 4.35. The Balaban J connectivity index is 1.65. The number of ketones is 1. The Morgan fingerprint density at radius 1 is 1.10 bits per heavy atom. The minimum Gasteiger partial charge on any atom is -0.508 e. The molecule has 1 aliphatic heterocycles. The Morgan fingerprint density at radius 3 is 2.76 bits per heavy atom. The lowest BCUT2D eigenvalue weighted by Gasteiger charge is -2.39. The predicted molar refractivity (Wildman–Crippen MR) is 115 cm³/mol. The maximum Gasteiger partial charge on any atom is 0.161 e. The average Bonchev–Trinajstić information content (AvgIpc) is 2.71. The molecule has 2 aromatic carbocycles. The topological polar surface area (TPSA) is 66.3 Å². The van der Waals surface area contributed by atoms with Crippen LogP contribution in [0.5, 0.6) is 5.75 Å². The zero-order chi connectivity index (χ0) is 20.0. The highest BCUT2D eigenvalue weighted by molar-refractivity contribution is 6.07. The molecule has 0 spiro atoms. The van der Waals surface area contributed by atoms with Crippen LogP contribution < -0.4 is 4.90 Å². The highest BCUT2D eigenvalue weighted by Crippen LogP contribution is 2.38. The summed E-state index contributed by atoms with van der Waals surface area (Å²) in [5.74, 6) is 0.288. The van der Waals surface area contributed by atoms with Crippen molar-refractivity contribution in [3.8, 4) is 16.9 Å². The molecule has 1 saturated heterocycles. The number of anilines is 1. The summed E-state index contributed by atoms with van der Waals surface area (Å²) in [6.07, 6.45) is 6.79. The Labute approximate surface area is 168 Å². The van der Waals surface area contributed by atoms with E-state index in [1.165, 1.54) is 6.08 Å². The van der Waals surface area contributed by atoms with Crippen LogP contribution in [0.2, 0.25) is 0 Å². The van der Waals surface area contributed by atoms with Gasteiger partial charge in [-0.3, -0.25) is 14.8 Å². The maximum absolute atomic E-state index is 11.8. The number of carbonyl (C=O) groups is 1. The molecule has 5 nitrogen and oxygen atoms in total. The first-order chi connectivity index (χ1) is 14.2. The lowest BCUT2D eigenvalue weighted by atomic mass is 9.93. The lowest BCUT2D eigenvalue weighted by molar-refractivity contribution is -0.118. The number of fused-ring (bicyclic) bond motifs is 2. The van der Waals surface area contributed by atoms with Gasteiger partial charge in [-0.05, 0) is 46.2 Å². The van der Waals surface area contributed by atoms with Crippen LogP contribution in [0.3, 0.4) is 0 Å². The van der Waals surface area contributed by atoms with E-state index in [0.29, 0.717) is 13.1 Å². The summed E-state index contributed by atoms with van der Waals surface area (Å²) in [5.41, 5.74) is 3.67. The number of aromatic hydroxyl groups is 1. The summed E-state index contributed by atoms with van der Waals surface area (Å²) in [6, 6.07) is 13.5. The van der Waals surface area contributed by atoms with Crippen LogP contribution in [-0.2, 0) is 4.79 Å². The Morgan fingerprint density at radius 2 is 1.93 bits per heavy atom. The van der Waals surface area contributed by atoms with Crippen molar-refractivity contribution in [2.75, 3.05) is 18.0 Å². The summed E-state index contributed by atoms with van der Waals surface area (Å²) in [4.78, 5) is 23.0. The van der Waals surface area contributed by atoms with E-state index in [2.05, 4.69) is 27.5 Å². The van der Waals surface area contributed by atoms with Gasteiger partial charge in [-0.2, -0.15) is 0 Å². The first-order valence-electron chi connectivity index (χ1n) is 9.52. The molecule has 0 radical (unpaired) electrons. The van der Waals surface area contributed by atoms with Crippen molar-refractivity contribution in [2.24, 2.45) is 5.92 Å². The standard InChI is InChI=1S/C24H19N3O2/c1-2-23(29)16-13-27(14-16)22-12-25-11-21-19(7-8-26-24(21)22)20-10-17(28)9-15-5-3-4-6-18(15)20/h2-12,16,28H,1,13-14H2. The molecule has 142 valence electrons. The molecule has 5 rings (SSSR count). The van der Waals surface area contributed by atoms with E-state index in [1.54, 1.807) is 24.5 Å². The number of nitrogens with zero attached hydrogens (tertiary/aromatic N) is 3. The molecule has 4 aromatic rings. The average molecular weight is 381 g/mol. The third kappa shape index (κ3) is 2.83. The zero-order valence-corrected chi connectivity index (χ0v) is 15.7. The molecule has 1 aliphatic rings. The van der Waals surface area contributed by atoms with Gasteiger partial charge in [0.05, 0.1) is 23.3 Å². The first-order valence-corrected chi connectivity index (χ1v) is 9.52. The Bertz CT molecular complexity index is 1280. The van der Waals surface area contributed by atoms with Crippen molar-refractivity contribution in [3.05, 3.63) is 73.7 Å². The largest absolute Gasteiger partial charge is 0.508 e. The van der Waals surface area contributed by atoms with E-state index in [9.17, 15) is 9.90 Å². The second-order valence-electron chi connectivity index (χ2n) is 7.34. The van der Waals surface area contributed by atoms with Gasteiger partial charge in [0, 0.05) is 30.9 Å². The van der Waals surface area contributed by atoms with Crippen molar-refractivity contribution in [3.63, 3.8) is 0 Å². The van der Waals surface area contributed by atoms with Crippen molar-refractivity contribution >= 4 is 33.1 Å². The number of benzene rings is 2. The quantitative estimate of drug-likeness (QED) is 0.533. The molecule has 29 heavy (non-hydrogen) atoms. The molecule has 0 atom stereocenters. The fourth-order valence-electron chi connectivity index (χ4n) is 4.06. The Kier molecular flexibility index (Phi) is 4.02. The molecule has 3 heterocycles. The van der Waals surface area contributed by atoms with E-state index in [1.807, 2.05) is 30.5 Å². The van der Waals surface area contributed by atoms with Gasteiger partial charge in [0.2, 0.25) is 0 Å². The number of phenols is 1. The number of phenolic OH excluding ortho intramolecular Hbond substituents is 1. The molecule has 0 amide bonds. The minimum atomic E-state index is -0.0130. The Hall–Kier alpha value is -3.73. The van der Waals surface area contributed by atoms with Gasteiger partial charge in [0.1, 0.15) is 5.75 Å². The van der Waals surface area contributed by atoms with Crippen LogP contribution in [0.4, 0.5) is 5.69 Å². The summed E-state index contributed by atoms with van der Waals surface area (Å²) >= 11 is 0. The van der Waals surface area contributed by atoms with E-state index in [-0.39, 0.29) is 17.5 Å². The smallest absolute Gasteiger partial charge is 0.161 e.